The number of hydrogen-bond acceptors (Lipinski definition) is 5. The number of hydrogen-bond donors (Lipinski definition) is 0. The zero-order valence-corrected chi connectivity index (χ0v) is 21.6. The second-order valence-electron chi connectivity index (χ2n) is 9.54. The first kappa shape index (κ1) is 22.0. The van der Waals surface area contributed by atoms with Crippen LogP contribution in [0, 0.1) is 0 Å². The summed E-state index contributed by atoms with van der Waals surface area (Å²) in [6.45, 7) is 0. The predicted octanol–water partition coefficient (Wildman–Crippen LogP) is 9.75. The van der Waals surface area contributed by atoms with Gasteiger partial charge in [-0.1, -0.05) is 91.0 Å². The van der Waals surface area contributed by atoms with Crippen LogP contribution in [0.15, 0.2) is 127 Å². The summed E-state index contributed by atoms with van der Waals surface area (Å²) < 4.78 is 11.4. The van der Waals surface area contributed by atoms with Crippen LogP contribution in [0.5, 0.6) is 11.5 Å². The molecule has 184 valence electrons. The van der Waals surface area contributed by atoms with Crippen LogP contribution >= 0.6 is 11.5 Å². The summed E-state index contributed by atoms with van der Waals surface area (Å²) in [5.41, 5.74) is 5.00. The van der Waals surface area contributed by atoms with Gasteiger partial charge in [0.2, 0.25) is 0 Å². The topological polar surface area (TPSA) is 38.3 Å². The van der Waals surface area contributed by atoms with Gasteiger partial charge in [0.15, 0.2) is 17.3 Å². The number of rotatable bonds is 3. The Hall–Kier alpha value is -5.00. The molecule has 8 rings (SSSR count). The van der Waals surface area contributed by atoms with Crippen LogP contribution < -0.4 is 9.64 Å². The van der Waals surface area contributed by atoms with Crippen LogP contribution in [-0.4, -0.2) is 9.36 Å². The Morgan fingerprint density at radius 2 is 1.31 bits per heavy atom. The van der Waals surface area contributed by atoms with E-state index >= 15 is 0 Å². The van der Waals surface area contributed by atoms with Crippen molar-refractivity contribution in [2.75, 3.05) is 4.90 Å². The van der Waals surface area contributed by atoms with Gasteiger partial charge in [0.1, 0.15) is 5.01 Å². The molecule has 0 N–H and O–H groups in total. The van der Waals surface area contributed by atoms with Gasteiger partial charge in [-0.2, -0.15) is 4.37 Å². The summed E-state index contributed by atoms with van der Waals surface area (Å²) in [5, 5.41) is 5.66. The van der Waals surface area contributed by atoms with E-state index < -0.39 is 0 Å². The average Bonchev–Trinajstić information content (AvgIpc) is 3.49. The molecule has 4 nitrogen and oxygen atoms in total. The molecule has 0 aliphatic carbocycles. The number of fused-ring (bicyclic) bond motifs is 4. The first-order chi connectivity index (χ1) is 19.3. The lowest BCUT2D eigenvalue weighted by Gasteiger charge is -2.34. The first-order valence-corrected chi connectivity index (χ1v) is 13.6. The van der Waals surface area contributed by atoms with Crippen LogP contribution in [0.25, 0.3) is 43.5 Å². The summed E-state index contributed by atoms with van der Waals surface area (Å²) in [5.74, 6) is 2.22. The summed E-state index contributed by atoms with van der Waals surface area (Å²) in [4.78, 5) is 7.27. The molecule has 1 aromatic heterocycles. The van der Waals surface area contributed by atoms with Crippen LogP contribution in [0.1, 0.15) is 0 Å². The van der Waals surface area contributed by atoms with Crippen molar-refractivity contribution in [2.45, 2.75) is 0 Å². The van der Waals surface area contributed by atoms with E-state index in [2.05, 4.69) is 108 Å². The molecule has 1 aliphatic heterocycles. The maximum absolute atomic E-state index is 6.58. The lowest BCUT2D eigenvalue weighted by molar-refractivity contribution is 0.478. The Balaban J connectivity index is 1.29. The van der Waals surface area contributed by atoms with E-state index in [1.54, 1.807) is 0 Å². The third-order valence-electron chi connectivity index (χ3n) is 7.22. The number of para-hydroxylation sites is 3. The minimum Gasteiger partial charge on any atom is -0.452 e. The van der Waals surface area contributed by atoms with Crippen molar-refractivity contribution in [3.63, 3.8) is 0 Å². The second kappa shape index (κ2) is 8.79. The van der Waals surface area contributed by atoms with Gasteiger partial charge in [0, 0.05) is 10.9 Å². The van der Waals surface area contributed by atoms with Gasteiger partial charge in [0.05, 0.1) is 22.6 Å². The number of nitrogens with zero attached hydrogens (tertiary/aromatic N) is 3. The summed E-state index contributed by atoms with van der Waals surface area (Å²) >= 11 is 1.41. The van der Waals surface area contributed by atoms with E-state index in [0.717, 1.165) is 44.7 Å². The van der Waals surface area contributed by atoms with Crippen LogP contribution in [0.2, 0.25) is 0 Å². The molecule has 0 saturated heterocycles. The fraction of sp³-hybridized carbons (Fsp3) is 0. The Morgan fingerprint density at radius 1 is 0.590 bits per heavy atom. The maximum Gasteiger partial charge on any atom is 0.177 e. The highest BCUT2D eigenvalue weighted by molar-refractivity contribution is 7.09. The van der Waals surface area contributed by atoms with Crippen molar-refractivity contribution in [2.24, 2.45) is 0 Å². The molecule has 0 bridgehead atoms. The van der Waals surface area contributed by atoms with Crippen LogP contribution in [0.3, 0.4) is 0 Å². The quantitative estimate of drug-likeness (QED) is 0.233. The highest BCUT2D eigenvalue weighted by Crippen LogP contribution is 2.54. The number of aromatic nitrogens is 2. The van der Waals surface area contributed by atoms with Gasteiger partial charge in [-0.25, -0.2) is 4.98 Å². The third-order valence-corrected chi connectivity index (χ3v) is 7.99. The van der Waals surface area contributed by atoms with Crippen molar-refractivity contribution in [1.29, 1.82) is 0 Å². The molecule has 1 aliphatic rings. The lowest BCUT2D eigenvalue weighted by Crippen LogP contribution is -2.16. The highest BCUT2D eigenvalue weighted by Gasteiger charge is 2.29. The minimum absolute atomic E-state index is 0.664. The fourth-order valence-electron chi connectivity index (χ4n) is 5.39. The first-order valence-electron chi connectivity index (χ1n) is 12.8. The zero-order chi connectivity index (χ0) is 25.8. The molecule has 7 aromatic rings. The SMILES string of the molecule is c1ccc2c(c1)Oc1c(-c3nsc(-c4ccc5ccccc5c4)n3)cccc1N2c1cccc2ccccc12. The Labute approximate surface area is 229 Å². The molecule has 0 fully saturated rings. The molecule has 0 amide bonds. The smallest absolute Gasteiger partial charge is 0.177 e. The van der Waals surface area contributed by atoms with Gasteiger partial charge < -0.3 is 9.64 Å². The van der Waals surface area contributed by atoms with E-state index in [9.17, 15) is 0 Å². The monoisotopic (exact) mass is 519 g/mol. The molecular weight excluding hydrogens is 498 g/mol. The van der Waals surface area contributed by atoms with E-state index in [-0.39, 0.29) is 0 Å². The number of anilines is 3. The van der Waals surface area contributed by atoms with Gasteiger partial charge in [0.25, 0.3) is 0 Å². The fourth-order valence-corrected chi connectivity index (χ4v) is 6.06. The summed E-state index contributed by atoms with van der Waals surface area (Å²) in [7, 11) is 0. The second-order valence-corrected chi connectivity index (χ2v) is 10.3. The standard InChI is InChI=1S/C34H21N3OS/c1-2-11-24-21-25(20-19-22(24)9-1)34-35-33(36-39-34)27-14-8-17-30-32(27)38-31-18-6-5-15-29(31)37(30)28-16-7-12-23-10-3-4-13-26(23)28/h1-21H. The molecule has 0 saturated carbocycles. The summed E-state index contributed by atoms with van der Waals surface area (Å²) in [6, 6.07) is 44.1. The Kier molecular flexibility index (Phi) is 4.96. The molecule has 0 atom stereocenters. The maximum atomic E-state index is 6.58. The van der Waals surface area contributed by atoms with Gasteiger partial charge in [-0.05, 0) is 64.1 Å². The van der Waals surface area contributed by atoms with E-state index in [4.69, 9.17) is 14.1 Å². The molecule has 0 radical (unpaired) electrons. The minimum atomic E-state index is 0.664. The lowest BCUT2D eigenvalue weighted by atomic mass is 10.0. The van der Waals surface area contributed by atoms with Gasteiger partial charge in [-0.3, -0.25) is 0 Å². The van der Waals surface area contributed by atoms with Crippen molar-refractivity contribution in [3.05, 3.63) is 127 Å². The molecule has 39 heavy (non-hydrogen) atoms. The van der Waals surface area contributed by atoms with E-state index in [1.807, 2.05) is 24.3 Å². The zero-order valence-electron chi connectivity index (χ0n) is 20.8. The molecular formula is C34H21N3OS. The normalized spacial score (nSPS) is 12.3. The van der Waals surface area contributed by atoms with Gasteiger partial charge in [-0.15, -0.1) is 0 Å². The molecule has 0 spiro atoms. The van der Waals surface area contributed by atoms with Crippen molar-refractivity contribution >= 4 is 50.1 Å². The van der Waals surface area contributed by atoms with Crippen LogP contribution in [0.4, 0.5) is 17.1 Å². The Bertz CT molecular complexity index is 2020. The Morgan fingerprint density at radius 3 is 2.26 bits per heavy atom. The molecule has 6 aromatic carbocycles. The van der Waals surface area contributed by atoms with E-state index in [0.29, 0.717) is 5.82 Å². The largest absolute Gasteiger partial charge is 0.452 e. The summed E-state index contributed by atoms with van der Waals surface area (Å²) in [6.07, 6.45) is 0. The number of benzene rings is 6. The van der Waals surface area contributed by atoms with Crippen LogP contribution in [-0.2, 0) is 0 Å². The predicted molar refractivity (Wildman–Crippen MR) is 161 cm³/mol. The van der Waals surface area contributed by atoms with Gasteiger partial charge >= 0.3 is 0 Å². The van der Waals surface area contributed by atoms with Crippen molar-refractivity contribution in [1.82, 2.24) is 9.36 Å². The highest BCUT2D eigenvalue weighted by atomic mass is 32.1. The third kappa shape index (κ3) is 3.59. The van der Waals surface area contributed by atoms with E-state index in [1.165, 1.54) is 33.1 Å². The average molecular weight is 520 g/mol. The number of ether oxygens (including phenoxy) is 1. The van der Waals surface area contributed by atoms with Crippen molar-refractivity contribution < 1.29 is 4.74 Å². The molecule has 0 unspecified atom stereocenters. The molecule has 2 heterocycles. The molecule has 5 heteroatoms. The van der Waals surface area contributed by atoms with Crippen molar-refractivity contribution in [3.8, 4) is 33.5 Å².